The summed E-state index contributed by atoms with van der Waals surface area (Å²) in [5.74, 6) is 0. The molecule has 0 aromatic carbocycles. The van der Waals surface area contributed by atoms with Crippen LogP contribution in [0, 0.1) is 5.21 Å². The van der Waals surface area contributed by atoms with Crippen LogP contribution in [-0.4, -0.2) is 58.8 Å². The summed E-state index contributed by atoms with van der Waals surface area (Å²) >= 11 is 0. The Kier molecular flexibility index (Phi) is 28.0. The predicted octanol–water partition coefficient (Wildman–Crippen LogP) is 7.79. The topological polar surface area (TPSA) is 105 Å². The molecule has 230 valence electrons. The Morgan fingerprint density at radius 2 is 0.974 bits per heavy atom. The van der Waals surface area contributed by atoms with Crippen molar-refractivity contribution >= 4 is 0 Å². The number of hydroxylamine groups is 2. The molecule has 0 rings (SSSR count). The number of hydrogen-bond donors (Lipinski definition) is 3. The summed E-state index contributed by atoms with van der Waals surface area (Å²) in [4.78, 5) is 5.24. The van der Waals surface area contributed by atoms with Crippen LogP contribution in [0.15, 0.2) is 0 Å². The molecule has 38 heavy (non-hydrogen) atoms. The van der Waals surface area contributed by atoms with Crippen molar-refractivity contribution in [3.05, 3.63) is 5.21 Å². The summed E-state index contributed by atoms with van der Waals surface area (Å²) in [6.45, 7) is 4.97. The monoisotopic (exact) mass is 546 g/mol. The van der Waals surface area contributed by atoms with Crippen LogP contribution in [-0.2, 0) is 9.57 Å². The molecule has 1 atom stereocenters. The van der Waals surface area contributed by atoms with Gasteiger partial charge in [0.1, 0.15) is 6.23 Å². The number of nitrogens with zero attached hydrogens (tertiary/aromatic N) is 1. The van der Waals surface area contributed by atoms with Crippen LogP contribution in [0.1, 0.15) is 162 Å². The average Bonchev–Trinajstić information content (AvgIpc) is 2.90. The van der Waals surface area contributed by atoms with Crippen LogP contribution in [0.4, 0.5) is 0 Å². The van der Waals surface area contributed by atoms with Gasteiger partial charge in [0.25, 0.3) is 0 Å². The molecule has 0 aromatic rings. The molecular formula is C31H64NO6-. The highest BCUT2D eigenvalue weighted by Gasteiger charge is 2.33. The van der Waals surface area contributed by atoms with E-state index in [0.29, 0.717) is 6.61 Å². The number of unbranched alkanes of at least 4 members (excludes halogenated alkanes) is 18. The zero-order valence-electron chi connectivity index (χ0n) is 25.2. The van der Waals surface area contributed by atoms with E-state index in [1.807, 2.05) is 0 Å². The van der Waals surface area contributed by atoms with Gasteiger partial charge in [-0.2, -0.15) is 0 Å². The fourth-order valence-corrected chi connectivity index (χ4v) is 5.06. The van der Waals surface area contributed by atoms with E-state index in [2.05, 4.69) is 13.8 Å². The number of aliphatic hydroxyl groups excluding tert-OH is 3. The molecule has 0 aromatic heterocycles. The lowest BCUT2D eigenvalue weighted by atomic mass is 9.91. The Morgan fingerprint density at radius 3 is 1.37 bits per heavy atom. The van der Waals surface area contributed by atoms with Crippen molar-refractivity contribution in [2.24, 2.45) is 0 Å². The normalized spacial score (nSPS) is 13.0. The lowest BCUT2D eigenvalue weighted by Crippen LogP contribution is -2.43. The molecule has 0 fully saturated rings. The highest BCUT2D eigenvalue weighted by Crippen LogP contribution is 2.28. The molecule has 0 spiro atoms. The van der Waals surface area contributed by atoms with Crippen LogP contribution in [0.25, 0.3) is 0 Å². The van der Waals surface area contributed by atoms with Crippen LogP contribution < -0.4 is 0 Å². The molecule has 7 heteroatoms. The molecule has 1 unspecified atom stereocenters. The largest absolute Gasteiger partial charge is 0.760 e. The van der Waals surface area contributed by atoms with Gasteiger partial charge in [0.2, 0.25) is 0 Å². The van der Waals surface area contributed by atoms with Gasteiger partial charge in [-0.1, -0.05) is 129 Å². The van der Waals surface area contributed by atoms with Crippen molar-refractivity contribution in [3.63, 3.8) is 0 Å². The molecule has 0 aliphatic rings. The minimum atomic E-state index is -1.40. The quantitative estimate of drug-likeness (QED) is 0.0463. The Bertz CT molecular complexity index is 462. The van der Waals surface area contributed by atoms with E-state index in [1.54, 1.807) is 0 Å². The summed E-state index contributed by atoms with van der Waals surface area (Å²) in [7, 11) is 0. The molecular weight excluding hydrogens is 482 g/mol. The van der Waals surface area contributed by atoms with Gasteiger partial charge in [0.05, 0.1) is 12.2 Å². The van der Waals surface area contributed by atoms with E-state index in [1.165, 1.54) is 96.3 Å². The number of rotatable bonds is 31. The zero-order valence-corrected chi connectivity index (χ0v) is 25.2. The van der Waals surface area contributed by atoms with Gasteiger partial charge in [0.15, 0.2) is 0 Å². The molecule has 0 aliphatic heterocycles. The van der Waals surface area contributed by atoms with Gasteiger partial charge in [0, 0.05) is 26.2 Å². The smallest absolute Gasteiger partial charge is 0.120 e. The molecule has 0 heterocycles. The molecule has 0 amide bonds. The van der Waals surface area contributed by atoms with E-state index in [-0.39, 0.29) is 44.3 Å². The Hall–Kier alpha value is -0.280. The lowest BCUT2D eigenvalue weighted by molar-refractivity contribution is -0.227. The van der Waals surface area contributed by atoms with Crippen LogP contribution in [0.2, 0.25) is 0 Å². The summed E-state index contributed by atoms with van der Waals surface area (Å²) in [6.07, 6.45) is 23.4. The van der Waals surface area contributed by atoms with E-state index in [0.717, 1.165) is 32.1 Å². The Balaban J connectivity index is 4.14. The molecule has 0 aliphatic carbocycles. The minimum absolute atomic E-state index is 0.00654. The van der Waals surface area contributed by atoms with Gasteiger partial charge in [-0.3, -0.25) is 0 Å². The third kappa shape index (κ3) is 22.5. The van der Waals surface area contributed by atoms with Crippen molar-refractivity contribution in [3.8, 4) is 0 Å². The highest BCUT2D eigenvalue weighted by atomic mass is 16.9. The van der Waals surface area contributed by atoms with Gasteiger partial charge in [-0.15, -0.1) is 0 Å². The van der Waals surface area contributed by atoms with Crippen LogP contribution >= 0.6 is 0 Å². The summed E-state index contributed by atoms with van der Waals surface area (Å²) < 4.78 is 6.11. The van der Waals surface area contributed by atoms with Gasteiger partial charge < -0.3 is 30.1 Å². The lowest BCUT2D eigenvalue weighted by Gasteiger charge is -2.40. The number of hydrogen-bond acceptors (Lipinski definition) is 7. The first kappa shape index (κ1) is 37.7. The van der Waals surface area contributed by atoms with Crippen LogP contribution in [0.3, 0.4) is 0 Å². The maximum absolute atomic E-state index is 12.3. The highest BCUT2D eigenvalue weighted by molar-refractivity contribution is 4.83. The number of ether oxygens (including phenoxy) is 1. The van der Waals surface area contributed by atoms with Gasteiger partial charge in [-0.25, -0.2) is 5.23 Å². The van der Waals surface area contributed by atoms with E-state index >= 15 is 0 Å². The second kappa shape index (κ2) is 28.3. The summed E-state index contributed by atoms with van der Waals surface area (Å²) in [5.41, 5.74) is -0.939. The summed E-state index contributed by atoms with van der Waals surface area (Å²) in [6, 6.07) is 0. The third-order valence-electron chi connectivity index (χ3n) is 7.56. The van der Waals surface area contributed by atoms with E-state index in [9.17, 15) is 20.5 Å². The predicted molar refractivity (Wildman–Crippen MR) is 158 cm³/mol. The second-order valence-corrected chi connectivity index (χ2v) is 11.1. The average molecular weight is 547 g/mol. The first-order chi connectivity index (χ1) is 18.5. The van der Waals surface area contributed by atoms with Gasteiger partial charge >= 0.3 is 0 Å². The Morgan fingerprint density at radius 1 is 0.605 bits per heavy atom. The third-order valence-corrected chi connectivity index (χ3v) is 7.56. The van der Waals surface area contributed by atoms with E-state index < -0.39 is 11.8 Å². The fraction of sp³-hybridized carbons (Fsp3) is 1.00. The maximum Gasteiger partial charge on any atom is 0.120 e. The molecule has 0 bridgehead atoms. The first-order valence-corrected chi connectivity index (χ1v) is 16.2. The number of aliphatic hydroxyl groups is 3. The van der Waals surface area contributed by atoms with Crippen molar-refractivity contribution in [1.82, 2.24) is 5.23 Å². The molecule has 0 saturated heterocycles. The van der Waals surface area contributed by atoms with E-state index in [4.69, 9.17) is 9.57 Å². The second-order valence-electron chi connectivity index (χ2n) is 11.1. The molecule has 0 radical (unpaired) electrons. The molecule has 0 saturated carbocycles. The maximum atomic E-state index is 12.3. The Labute approximate surface area is 235 Å². The van der Waals surface area contributed by atoms with Crippen molar-refractivity contribution in [2.75, 3.05) is 26.4 Å². The van der Waals surface area contributed by atoms with Crippen molar-refractivity contribution in [2.45, 2.75) is 173 Å². The molecule has 3 N–H and O–H groups in total. The zero-order chi connectivity index (χ0) is 28.2. The SMILES string of the molecule is CCCCCCCCCCCCON([O-])C(O)CC(CCO)(CCO)OCCCCCCCCCCCC. The van der Waals surface area contributed by atoms with Crippen molar-refractivity contribution in [1.29, 1.82) is 0 Å². The standard InChI is InChI=1S/C31H64NO6/c1-3-5-7-9-11-13-15-17-19-21-27-37-31(23-25-33,24-26-34)29-30(35)32(36)38-28-22-20-18-16-14-12-10-8-6-4-2/h30,33-35H,3-29H2,1-2H3/q-1. The first-order valence-electron chi connectivity index (χ1n) is 16.2. The van der Waals surface area contributed by atoms with Crippen molar-refractivity contribution < 1.29 is 24.9 Å². The summed E-state index contributed by atoms with van der Waals surface area (Å²) in [5, 5.41) is 42.3. The molecule has 7 nitrogen and oxygen atoms in total. The van der Waals surface area contributed by atoms with Crippen LogP contribution in [0.5, 0.6) is 0 Å². The fourth-order valence-electron chi connectivity index (χ4n) is 5.06. The minimum Gasteiger partial charge on any atom is -0.760 e. The van der Waals surface area contributed by atoms with Gasteiger partial charge in [-0.05, 0) is 25.7 Å².